The van der Waals surface area contributed by atoms with Crippen LogP contribution < -0.4 is 5.73 Å². The first-order valence-corrected chi connectivity index (χ1v) is 4.80. The Morgan fingerprint density at radius 3 is 2.05 bits per heavy atom. The molecular weight excluding hydrogens is 283 g/mol. The van der Waals surface area contributed by atoms with Gasteiger partial charge in [0, 0.05) is 11.3 Å². The summed E-state index contributed by atoms with van der Waals surface area (Å²) < 4.78 is 89.5. The molecular formula is C10H8F7NO. The monoisotopic (exact) mass is 291 g/mol. The Kier molecular flexibility index (Phi) is 4.28. The van der Waals surface area contributed by atoms with Gasteiger partial charge < -0.3 is 10.5 Å². The van der Waals surface area contributed by atoms with Crippen LogP contribution in [0.25, 0.3) is 0 Å². The van der Waals surface area contributed by atoms with Crippen LogP contribution in [0.15, 0.2) is 18.2 Å². The Morgan fingerprint density at radius 1 is 1.05 bits per heavy atom. The van der Waals surface area contributed by atoms with Crippen LogP contribution in [0.5, 0.6) is 0 Å². The molecule has 0 unspecified atom stereocenters. The van der Waals surface area contributed by atoms with E-state index in [1.165, 1.54) is 0 Å². The lowest BCUT2D eigenvalue weighted by molar-refractivity contribution is -0.324. The molecule has 0 aliphatic rings. The van der Waals surface area contributed by atoms with E-state index in [-0.39, 0.29) is 11.3 Å². The standard InChI is InChI=1S/C10H8F7NO/c11-6-1-2-7(18)5(3-6)4-19-8(9(12,13)14)10(15,16)17/h1-3,8H,4,18H2. The quantitative estimate of drug-likeness (QED) is 0.684. The van der Waals surface area contributed by atoms with E-state index in [4.69, 9.17) is 5.73 Å². The highest BCUT2D eigenvalue weighted by atomic mass is 19.4. The van der Waals surface area contributed by atoms with Crippen molar-refractivity contribution in [2.24, 2.45) is 0 Å². The third-order valence-corrected chi connectivity index (χ3v) is 2.11. The molecule has 0 heterocycles. The number of hydrogen-bond donors (Lipinski definition) is 1. The van der Waals surface area contributed by atoms with Crippen molar-refractivity contribution in [1.82, 2.24) is 0 Å². The average molecular weight is 291 g/mol. The molecule has 0 fully saturated rings. The molecule has 1 aromatic carbocycles. The molecule has 0 aliphatic heterocycles. The number of alkyl halides is 6. The predicted molar refractivity (Wildman–Crippen MR) is 51.5 cm³/mol. The highest BCUT2D eigenvalue weighted by Crippen LogP contribution is 2.36. The predicted octanol–water partition coefficient (Wildman–Crippen LogP) is 3.42. The van der Waals surface area contributed by atoms with Crippen LogP contribution in [0.3, 0.4) is 0 Å². The van der Waals surface area contributed by atoms with Gasteiger partial charge in [-0.15, -0.1) is 0 Å². The van der Waals surface area contributed by atoms with Gasteiger partial charge in [-0.3, -0.25) is 0 Å². The summed E-state index contributed by atoms with van der Waals surface area (Å²) in [5, 5.41) is 0. The molecule has 0 aliphatic carbocycles. The van der Waals surface area contributed by atoms with Gasteiger partial charge in [0.1, 0.15) is 5.82 Å². The van der Waals surface area contributed by atoms with E-state index < -0.39 is 30.9 Å². The summed E-state index contributed by atoms with van der Waals surface area (Å²) in [5.41, 5.74) is 4.83. The number of anilines is 1. The third kappa shape index (κ3) is 4.27. The van der Waals surface area contributed by atoms with E-state index in [1.54, 1.807) is 0 Å². The number of nitrogens with two attached hydrogens (primary N) is 1. The van der Waals surface area contributed by atoms with Crippen molar-refractivity contribution in [2.45, 2.75) is 25.1 Å². The molecule has 0 saturated heterocycles. The largest absolute Gasteiger partial charge is 0.423 e. The maximum absolute atomic E-state index is 12.8. The van der Waals surface area contributed by atoms with Gasteiger partial charge >= 0.3 is 12.4 Å². The number of rotatable bonds is 3. The minimum Gasteiger partial charge on any atom is -0.398 e. The van der Waals surface area contributed by atoms with E-state index in [1.807, 2.05) is 0 Å². The lowest BCUT2D eigenvalue weighted by Gasteiger charge is -2.23. The Hall–Kier alpha value is -1.51. The SMILES string of the molecule is Nc1ccc(F)cc1COC(C(F)(F)F)C(F)(F)F. The fourth-order valence-electron chi connectivity index (χ4n) is 1.25. The normalized spacial score (nSPS) is 13.1. The molecule has 2 N–H and O–H groups in total. The van der Waals surface area contributed by atoms with Crippen molar-refractivity contribution < 1.29 is 35.5 Å². The van der Waals surface area contributed by atoms with Crippen LogP contribution in [0.1, 0.15) is 5.56 Å². The van der Waals surface area contributed by atoms with Gasteiger partial charge in [-0.05, 0) is 18.2 Å². The summed E-state index contributed by atoms with van der Waals surface area (Å²) in [7, 11) is 0. The molecule has 0 bridgehead atoms. The van der Waals surface area contributed by atoms with Gasteiger partial charge in [0.15, 0.2) is 0 Å². The van der Waals surface area contributed by atoms with E-state index >= 15 is 0 Å². The molecule has 108 valence electrons. The molecule has 0 amide bonds. The molecule has 19 heavy (non-hydrogen) atoms. The van der Waals surface area contributed by atoms with Gasteiger partial charge in [-0.1, -0.05) is 0 Å². The Labute approximate surface area is 103 Å². The van der Waals surface area contributed by atoms with Gasteiger partial charge in [0.25, 0.3) is 0 Å². The molecule has 0 saturated carbocycles. The number of nitrogen functional groups attached to an aromatic ring is 1. The number of ether oxygens (including phenoxy) is 1. The Balaban J connectivity index is 2.86. The van der Waals surface area contributed by atoms with Crippen LogP contribution in [0.4, 0.5) is 36.4 Å². The zero-order valence-corrected chi connectivity index (χ0v) is 9.15. The van der Waals surface area contributed by atoms with Gasteiger partial charge in [-0.2, -0.15) is 26.3 Å². The molecule has 2 nitrogen and oxygen atoms in total. The molecule has 1 rings (SSSR count). The summed E-state index contributed by atoms with van der Waals surface area (Å²) in [6.45, 7) is -1.10. The van der Waals surface area contributed by atoms with E-state index in [9.17, 15) is 30.7 Å². The van der Waals surface area contributed by atoms with Crippen molar-refractivity contribution >= 4 is 5.69 Å². The molecule has 0 radical (unpaired) electrons. The molecule has 0 atom stereocenters. The van der Waals surface area contributed by atoms with Gasteiger partial charge in [-0.25, -0.2) is 4.39 Å². The summed E-state index contributed by atoms with van der Waals surface area (Å²) in [6.07, 6.45) is -15.2. The molecule has 9 heteroatoms. The molecule has 1 aromatic rings. The lowest BCUT2D eigenvalue weighted by atomic mass is 10.2. The first-order valence-electron chi connectivity index (χ1n) is 4.80. The second-order valence-electron chi connectivity index (χ2n) is 3.62. The number of benzene rings is 1. The number of halogens is 7. The van der Waals surface area contributed by atoms with Crippen molar-refractivity contribution in [3.05, 3.63) is 29.6 Å². The van der Waals surface area contributed by atoms with Crippen molar-refractivity contribution in [2.75, 3.05) is 5.73 Å². The smallest absolute Gasteiger partial charge is 0.398 e. The fourth-order valence-corrected chi connectivity index (χ4v) is 1.25. The van der Waals surface area contributed by atoms with E-state index in [0.717, 1.165) is 12.1 Å². The van der Waals surface area contributed by atoms with Crippen LogP contribution in [0, 0.1) is 5.82 Å². The van der Waals surface area contributed by atoms with E-state index in [2.05, 4.69) is 4.74 Å². The fraction of sp³-hybridized carbons (Fsp3) is 0.400. The number of hydrogen-bond acceptors (Lipinski definition) is 2. The van der Waals surface area contributed by atoms with Crippen LogP contribution in [0.2, 0.25) is 0 Å². The topological polar surface area (TPSA) is 35.2 Å². The first kappa shape index (κ1) is 15.5. The van der Waals surface area contributed by atoms with Crippen LogP contribution in [-0.2, 0) is 11.3 Å². The zero-order valence-electron chi connectivity index (χ0n) is 9.15. The second kappa shape index (κ2) is 5.24. The molecule has 0 aromatic heterocycles. The summed E-state index contributed by atoms with van der Waals surface area (Å²) in [6, 6.07) is 2.65. The molecule has 0 spiro atoms. The second-order valence-corrected chi connectivity index (χ2v) is 3.62. The van der Waals surface area contributed by atoms with Gasteiger partial charge in [0.05, 0.1) is 6.61 Å². The first-order chi connectivity index (χ1) is 8.51. The minimum atomic E-state index is -5.61. The minimum absolute atomic E-state index is 0.163. The van der Waals surface area contributed by atoms with Crippen LogP contribution in [-0.4, -0.2) is 18.5 Å². The summed E-state index contributed by atoms with van der Waals surface area (Å²) in [4.78, 5) is 0. The summed E-state index contributed by atoms with van der Waals surface area (Å²) >= 11 is 0. The average Bonchev–Trinajstić information content (AvgIpc) is 2.19. The summed E-state index contributed by atoms with van der Waals surface area (Å²) in [5.74, 6) is -0.844. The van der Waals surface area contributed by atoms with Crippen molar-refractivity contribution in [3.8, 4) is 0 Å². The van der Waals surface area contributed by atoms with Crippen LogP contribution >= 0.6 is 0 Å². The highest BCUT2D eigenvalue weighted by molar-refractivity contribution is 5.46. The highest BCUT2D eigenvalue weighted by Gasteiger charge is 2.57. The Bertz CT molecular complexity index is 426. The van der Waals surface area contributed by atoms with E-state index in [0.29, 0.717) is 6.07 Å². The maximum atomic E-state index is 12.8. The third-order valence-electron chi connectivity index (χ3n) is 2.11. The zero-order chi connectivity index (χ0) is 14.8. The Morgan fingerprint density at radius 2 is 1.58 bits per heavy atom. The van der Waals surface area contributed by atoms with Gasteiger partial charge in [0.2, 0.25) is 6.10 Å². The van der Waals surface area contributed by atoms with Crippen molar-refractivity contribution in [1.29, 1.82) is 0 Å². The van der Waals surface area contributed by atoms with Crippen molar-refractivity contribution in [3.63, 3.8) is 0 Å². The maximum Gasteiger partial charge on any atom is 0.423 e. The lowest BCUT2D eigenvalue weighted by Crippen LogP contribution is -2.44.